The minimum Gasteiger partial charge on any atom is -0.384 e. The average molecular weight is 325 g/mol. The molecule has 0 saturated carbocycles. The third-order valence-electron chi connectivity index (χ3n) is 3.97. The molecule has 2 aromatic heterocycles. The third-order valence-corrected chi connectivity index (χ3v) is 3.97. The fourth-order valence-electron chi connectivity index (χ4n) is 2.85. The molecule has 24 heavy (non-hydrogen) atoms. The molecule has 0 aliphatic carbocycles. The number of anilines is 2. The van der Waals surface area contributed by atoms with E-state index >= 15 is 0 Å². The summed E-state index contributed by atoms with van der Waals surface area (Å²) in [6, 6.07) is 8.13. The summed E-state index contributed by atoms with van der Waals surface area (Å²) < 4.78 is 19.4. The van der Waals surface area contributed by atoms with Crippen molar-refractivity contribution < 1.29 is 9.13 Å². The number of hydrogen-bond donors (Lipinski definition) is 1. The van der Waals surface area contributed by atoms with Gasteiger partial charge in [-0.05, 0) is 18.2 Å². The Hall–Kier alpha value is -2.80. The Morgan fingerprint density at radius 1 is 1.12 bits per heavy atom. The van der Waals surface area contributed by atoms with Crippen LogP contribution in [-0.2, 0) is 4.74 Å². The molecule has 3 heterocycles. The van der Waals surface area contributed by atoms with Crippen molar-refractivity contribution in [3.63, 3.8) is 0 Å². The minimum atomic E-state index is -0.337. The van der Waals surface area contributed by atoms with E-state index in [4.69, 9.17) is 10.5 Å². The third kappa shape index (κ3) is 2.74. The van der Waals surface area contributed by atoms with Crippen LogP contribution in [0.1, 0.15) is 0 Å². The fourth-order valence-corrected chi connectivity index (χ4v) is 2.85. The van der Waals surface area contributed by atoms with Gasteiger partial charge in [0.2, 0.25) is 5.95 Å². The summed E-state index contributed by atoms with van der Waals surface area (Å²) in [5.74, 6) is 0.534. The van der Waals surface area contributed by atoms with Crippen molar-refractivity contribution in [1.29, 1.82) is 0 Å². The van der Waals surface area contributed by atoms with Crippen molar-refractivity contribution in [2.45, 2.75) is 0 Å². The zero-order valence-corrected chi connectivity index (χ0v) is 12.9. The fraction of sp³-hybridized carbons (Fsp3) is 0.235. The Balaban J connectivity index is 1.86. The maximum atomic E-state index is 14.0. The normalized spacial score (nSPS) is 15.0. The number of benzene rings is 1. The van der Waals surface area contributed by atoms with E-state index in [0.717, 1.165) is 5.39 Å². The highest BCUT2D eigenvalue weighted by molar-refractivity contribution is 5.93. The van der Waals surface area contributed by atoms with Crippen LogP contribution in [0.2, 0.25) is 0 Å². The monoisotopic (exact) mass is 325 g/mol. The lowest BCUT2D eigenvalue weighted by Crippen LogP contribution is -2.37. The summed E-state index contributed by atoms with van der Waals surface area (Å²) in [4.78, 5) is 15.3. The molecular weight excluding hydrogens is 309 g/mol. The van der Waals surface area contributed by atoms with Crippen LogP contribution in [0.5, 0.6) is 0 Å². The highest BCUT2D eigenvalue weighted by Gasteiger charge is 2.17. The van der Waals surface area contributed by atoms with Gasteiger partial charge in [-0.1, -0.05) is 6.07 Å². The predicted octanol–water partition coefficient (Wildman–Crippen LogP) is 2.25. The van der Waals surface area contributed by atoms with E-state index < -0.39 is 0 Å². The molecule has 0 amide bonds. The van der Waals surface area contributed by atoms with Crippen molar-refractivity contribution >= 4 is 22.7 Å². The van der Waals surface area contributed by atoms with Crippen molar-refractivity contribution in [2.75, 3.05) is 36.9 Å². The van der Waals surface area contributed by atoms with E-state index in [1.165, 1.54) is 12.1 Å². The molecule has 0 spiro atoms. The Kier molecular flexibility index (Phi) is 3.70. The SMILES string of the molecule is Nc1cc(-c2cc(F)cc3cccnc23)nc(N2CCOCC2)n1. The second-order valence-corrected chi connectivity index (χ2v) is 5.61. The van der Waals surface area contributed by atoms with Gasteiger partial charge in [-0.25, -0.2) is 9.37 Å². The van der Waals surface area contributed by atoms with Crippen LogP contribution >= 0.6 is 0 Å². The molecule has 2 N–H and O–H groups in total. The summed E-state index contributed by atoms with van der Waals surface area (Å²) >= 11 is 0. The Labute approximate surface area is 138 Å². The summed E-state index contributed by atoms with van der Waals surface area (Å²) in [5.41, 5.74) is 7.82. The topological polar surface area (TPSA) is 77.2 Å². The highest BCUT2D eigenvalue weighted by atomic mass is 19.1. The van der Waals surface area contributed by atoms with Gasteiger partial charge >= 0.3 is 0 Å². The second kappa shape index (κ2) is 6.01. The van der Waals surface area contributed by atoms with Gasteiger partial charge in [0, 0.05) is 36.3 Å². The minimum absolute atomic E-state index is 0.337. The van der Waals surface area contributed by atoms with Gasteiger partial charge in [0.1, 0.15) is 11.6 Å². The van der Waals surface area contributed by atoms with Crippen molar-refractivity contribution in [3.8, 4) is 11.3 Å². The zero-order valence-electron chi connectivity index (χ0n) is 12.9. The first-order valence-electron chi connectivity index (χ1n) is 7.72. The van der Waals surface area contributed by atoms with E-state index in [9.17, 15) is 4.39 Å². The number of nitrogens with zero attached hydrogens (tertiary/aromatic N) is 4. The van der Waals surface area contributed by atoms with E-state index in [2.05, 4.69) is 15.0 Å². The Morgan fingerprint density at radius 3 is 2.79 bits per heavy atom. The molecule has 1 aliphatic rings. The van der Waals surface area contributed by atoms with E-state index in [1.54, 1.807) is 18.3 Å². The van der Waals surface area contributed by atoms with Gasteiger partial charge in [-0.3, -0.25) is 4.98 Å². The molecular formula is C17H16FN5O. The van der Waals surface area contributed by atoms with Gasteiger partial charge in [0.15, 0.2) is 0 Å². The zero-order chi connectivity index (χ0) is 16.5. The number of halogens is 1. The molecule has 0 unspecified atom stereocenters. The lowest BCUT2D eigenvalue weighted by molar-refractivity contribution is 0.122. The number of fused-ring (bicyclic) bond motifs is 1. The molecule has 1 saturated heterocycles. The number of morpholine rings is 1. The number of ether oxygens (including phenoxy) is 1. The van der Waals surface area contributed by atoms with Gasteiger partial charge in [0.25, 0.3) is 0 Å². The number of aromatic nitrogens is 3. The standard InChI is InChI=1S/C17H16FN5O/c18-12-8-11-2-1-3-20-16(11)13(9-12)14-10-15(19)22-17(21-14)23-4-6-24-7-5-23/h1-3,8-10H,4-7H2,(H2,19,21,22). The lowest BCUT2D eigenvalue weighted by Gasteiger charge is -2.27. The number of rotatable bonds is 2. The Morgan fingerprint density at radius 2 is 1.96 bits per heavy atom. The molecule has 1 aromatic carbocycles. The van der Waals surface area contributed by atoms with Crippen LogP contribution in [0.15, 0.2) is 36.5 Å². The number of hydrogen-bond acceptors (Lipinski definition) is 6. The quantitative estimate of drug-likeness (QED) is 0.779. The van der Waals surface area contributed by atoms with Gasteiger partial charge in [-0.2, -0.15) is 4.98 Å². The highest BCUT2D eigenvalue weighted by Crippen LogP contribution is 2.29. The van der Waals surface area contributed by atoms with Gasteiger partial charge in [-0.15, -0.1) is 0 Å². The summed E-state index contributed by atoms with van der Waals surface area (Å²) in [6.07, 6.45) is 1.68. The van der Waals surface area contributed by atoms with E-state index in [0.29, 0.717) is 54.8 Å². The van der Waals surface area contributed by atoms with Crippen LogP contribution < -0.4 is 10.6 Å². The summed E-state index contributed by atoms with van der Waals surface area (Å²) in [6.45, 7) is 2.64. The molecule has 6 nitrogen and oxygen atoms in total. The molecule has 3 aromatic rings. The smallest absolute Gasteiger partial charge is 0.228 e. The lowest BCUT2D eigenvalue weighted by atomic mass is 10.1. The number of nitrogen functional groups attached to an aromatic ring is 1. The number of pyridine rings is 1. The molecule has 7 heteroatoms. The molecule has 0 atom stereocenters. The average Bonchev–Trinajstić information content (AvgIpc) is 2.61. The maximum Gasteiger partial charge on any atom is 0.228 e. The van der Waals surface area contributed by atoms with Crippen molar-refractivity contribution in [2.24, 2.45) is 0 Å². The second-order valence-electron chi connectivity index (χ2n) is 5.61. The summed E-state index contributed by atoms with van der Waals surface area (Å²) in [5, 5.41) is 0.720. The first-order valence-corrected chi connectivity index (χ1v) is 7.72. The first-order chi connectivity index (χ1) is 11.7. The van der Waals surface area contributed by atoms with Gasteiger partial charge in [0.05, 0.1) is 24.4 Å². The van der Waals surface area contributed by atoms with Crippen LogP contribution in [-0.4, -0.2) is 41.3 Å². The van der Waals surface area contributed by atoms with E-state index in [1.807, 2.05) is 11.0 Å². The molecule has 0 radical (unpaired) electrons. The Bertz CT molecular complexity index is 895. The largest absolute Gasteiger partial charge is 0.384 e. The molecule has 122 valence electrons. The maximum absolute atomic E-state index is 14.0. The first kappa shape index (κ1) is 14.8. The van der Waals surface area contributed by atoms with Crippen LogP contribution in [0, 0.1) is 5.82 Å². The van der Waals surface area contributed by atoms with Crippen molar-refractivity contribution in [1.82, 2.24) is 15.0 Å². The van der Waals surface area contributed by atoms with Crippen molar-refractivity contribution in [3.05, 3.63) is 42.3 Å². The molecule has 1 aliphatic heterocycles. The van der Waals surface area contributed by atoms with Crippen LogP contribution in [0.4, 0.5) is 16.2 Å². The number of nitrogens with two attached hydrogens (primary N) is 1. The van der Waals surface area contributed by atoms with Crippen LogP contribution in [0.25, 0.3) is 22.2 Å². The molecule has 4 rings (SSSR count). The summed E-state index contributed by atoms with van der Waals surface area (Å²) in [7, 11) is 0. The van der Waals surface area contributed by atoms with Crippen LogP contribution in [0.3, 0.4) is 0 Å². The molecule has 1 fully saturated rings. The van der Waals surface area contributed by atoms with E-state index in [-0.39, 0.29) is 5.82 Å². The van der Waals surface area contributed by atoms with Gasteiger partial charge < -0.3 is 15.4 Å². The molecule has 0 bridgehead atoms. The predicted molar refractivity (Wildman–Crippen MR) is 90.2 cm³/mol.